The van der Waals surface area contributed by atoms with Crippen molar-refractivity contribution in [1.82, 2.24) is 5.32 Å². The molecule has 0 saturated heterocycles. The molecule has 1 unspecified atom stereocenters. The second-order valence-electron chi connectivity index (χ2n) is 4.70. The summed E-state index contributed by atoms with van der Waals surface area (Å²) in [5.74, 6) is -0.158. The first kappa shape index (κ1) is 14.1. The molecule has 0 aromatic heterocycles. The molecule has 0 radical (unpaired) electrons. The number of benzene rings is 1. The van der Waals surface area contributed by atoms with Gasteiger partial charge in [-0.3, -0.25) is 0 Å². The number of nitrogens with one attached hydrogen (secondary N) is 1. The Balaban J connectivity index is 2.95. The molecule has 96 valence electrons. The topological polar surface area (TPSA) is 21.3 Å². The highest BCUT2D eigenvalue weighted by molar-refractivity contribution is 5.34. The van der Waals surface area contributed by atoms with Crippen LogP contribution in [0.3, 0.4) is 0 Å². The molecule has 0 amide bonds. The van der Waals surface area contributed by atoms with Gasteiger partial charge in [0.15, 0.2) is 0 Å². The van der Waals surface area contributed by atoms with Crippen LogP contribution >= 0.6 is 0 Å². The van der Waals surface area contributed by atoms with Gasteiger partial charge in [0.25, 0.3) is 0 Å². The summed E-state index contributed by atoms with van der Waals surface area (Å²) in [4.78, 5) is 0. The van der Waals surface area contributed by atoms with Gasteiger partial charge >= 0.3 is 0 Å². The van der Waals surface area contributed by atoms with Gasteiger partial charge in [0, 0.05) is 5.56 Å². The molecule has 2 nitrogen and oxygen atoms in total. The Morgan fingerprint density at radius 3 is 2.41 bits per heavy atom. The van der Waals surface area contributed by atoms with Crippen molar-refractivity contribution in [1.29, 1.82) is 0 Å². The largest absolute Gasteiger partial charge is 0.377 e. The Morgan fingerprint density at radius 2 is 1.94 bits per heavy atom. The van der Waals surface area contributed by atoms with Crippen molar-refractivity contribution in [3.8, 4) is 0 Å². The summed E-state index contributed by atoms with van der Waals surface area (Å²) in [6.45, 7) is 8.27. The van der Waals surface area contributed by atoms with Crippen LogP contribution in [0.1, 0.15) is 36.6 Å². The molecule has 0 aliphatic heterocycles. The van der Waals surface area contributed by atoms with E-state index < -0.39 is 0 Å². The lowest BCUT2D eigenvalue weighted by Crippen LogP contribution is -2.25. The average Bonchev–Trinajstić information content (AvgIpc) is 2.21. The molecule has 0 aliphatic carbocycles. The molecule has 0 bridgehead atoms. The van der Waals surface area contributed by atoms with E-state index >= 15 is 0 Å². The normalized spacial score (nSPS) is 13.1. The minimum Gasteiger partial charge on any atom is -0.377 e. The summed E-state index contributed by atoms with van der Waals surface area (Å²) >= 11 is 0. The number of ether oxygens (including phenoxy) is 1. The van der Waals surface area contributed by atoms with Crippen LogP contribution in [-0.2, 0) is 4.74 Å². The number of rotatable bonds is 5. The van der Waals surface area contributed by atoms with Crippen LogP contribution in [0, 0.1) is 19.7 Å². The van der Waals surface area contributed by atoms with Crippen molar-refractivity contribution in [2.24, 2.45) is 0 Å². The zero-order chi connectivity index (χ0) is 13.0. The summed E-state index contributed by atoms with van der Waals surface area (Å²) in [7, 11) is 1.83. The number of halogens is 1. The minimum absolute atomic E-state index is 0.0991. The smallest absolute Gasteiger partial charge is 0.128 e. The number of aryl methyl sites for hydroxylation is 2. The molecule has 1 aromatic rings. The summed E-state index contributed by atoms with van der Waals surface area (Å²) in [6.07, 6.45) is 0.152. The lowest BCUT2D eigenvalue weighted by Gasteiger charge is -2.21. The van der Waals surface area contributed by atoms with Gasteiger partial charge in [0.2, 0.25) is 0 Å². The third kappa shape index (κ3) is 3.79. The van der Waals surface area contributed by atoms with E-state index in [-0.39, 0.29) is 18.0 Å². The Labute approximate surface area is 103 Å². The molecule has 0 saturated carbocycles. The van der Waals surface area contributed by atoms with Gasteiger partial charge in [-0.1, -0.05) is 6.07 Å². The quantitative estimate of drug-likeness (QED) is 0.852. The van der Waals surface area contributed by atoms with Crippen LogP contribution in [0.5, 0.6) is 0 Å². The van der Waals surface area contributed by atoms with Crippen LogP contribution in [0.15, 0.2) is 12.1 Å². The Bertz CT molecular complexity index is 353. The molecule has 3 heteroatoms. The van der Waals surface area contributed by atoms with Gasteiger partial charge in [0.1, 0.15) is 5.82 Å². The lowest BCUT2D eigenvalue weighted by molar-refractivity contribution is 0.0618. The first-order chi connectivity index (χ1) is 7.95. The number of hydrogen-bond acceptors (Lipinski definition) is 2. The van der Waals surface area contributed by atoms with Gasteiger partial charge in [-0.15, -0.1) is 0 Å². The van der Waals surface area contributed by atoms with E-state index in [4.69, 9.17) is 4.74 Å². The summed E-state index contributed by atoms with van der Waals surface area (Å²) in [6, 6.07) is 3.47. The molecule has 0 heterocycles. The van der Waals surface area contributed by atoms with Crippen molar-refractivity contribution < 1.29 is 9.13 Å². The van der Waals surface area contributed by atoms with Crippen molar-refractivity contribution >= 4 is 0 Å². The van der Waals surface area contributed by atoms with Crippen molar-refractivity contribution in [3.63, 3.8) is 0 Å². The highest BCUT2D eigenvalue weighted by atomic mass is 19.1. The van der Waals surface area contributed by atoms with Crippen LogP contribution < -0.4 is 5.32 Å². The maximum absolute atomic E-state index is 14.0. The molecular weight excluding hydrogens is 217 g/mol. The molecule has 0 fully saturated rings. The van der Waals surface area contributed by atoms with Gasteiger partial charge in [-0.05, 0) is 51.9 Å². The zero-order valence-corrected chi connectivity index (χ0v) is 11.3. The average molecular weight is 239 g/mol. The zero-order valence-electron chi connectivity index (χ0n) is 11.3. The molecule has 1 aromatic carbocycles. The summed E-state index contributed by atoms with van der Waals surface area (Å²) in [5, 5.41) is 3.11. The Kier molecular flexibility index (Phi) is 5.09. The van der Waals surface area contributed by atoms with Crippen LogP contribution in [-0.4, -0.2) is 19.8 Å². The molecule has 17 heavy (non-hydrogen) atoms. The standard InChI is InChI=1S/C14H22FNO/c1-9(2)17-8-13(16-5)14-11(4)6-10(3)7-12(14)15/h6-7,9,13,16H,8H2,1-5H3. The fourth-order valence-electron chi connectivity index (χ4n) is 1.97. The highest BCUT2D eigenvalue weighted by Crippen LogP contribution is 2.23. The van der Waals surface area contributed by atoms with Gasteiger partial charge in [-0.2, -0.15) is 0 Å². The first-order valence-electron chi connectivity index (χ1n) is 6.01. The highest BCUT2D eigenvalue weighted by Gasteiger charge is 2.17. The molecule has 0 spiro atoms. The Hall–Kier alpha value is -0.930. The molecule has 1 rings (SSSR count). The van der Waals surface area contributed by atoms with E-state index in [9.17, 15) is 4.39 Å². The molecule has 0 aliphatic rings. The summed E-state index contributed by atoms with van der Waals surface area (Å²) < 4.78 is 19.5. The van der Waals surface area contributed by atoms with Crippen LogP contribution in [0.4, 0.5) is 4.39 Å². The van der Waals surface area contributed by atoms with E-state index in [2.05, 4.69) is 5.32 Å². The van der Waals surface area contributed by atoms with Gasteiger partial charge < -0.3 is 10.1 Å². The van der Waals surface area contributed by atoms with E-state index in [0.29, 0.717) is 12.2 Å². The Morgan fingerprint density at radius 1 is 1.29 bits per heavy atom. The number of hydrogen-bond donors (Lipinski definition) is 1. The van der Waals surface area contributed by atoms with E-state index in [1.54, 1.807) is 6.07 Å². The predicted octanol–water partition coefficient (Wildman–Crippen LogP) is 3.13. The third-order valence-electron chi connectivity index (χ3n) is 2.77. The second-order valence-corrected chi connectivity index (χ2v) is 4.70. The van der Waals surface area contributed by atoms with E-state index in [1.807, 2.05) is 40.8 Å². The van der Waals surface area contributed by atoms with Crippen LogP contribution in [0.2, 0.25) is 0 Å². The lowest BCUT2D eigenvalue weighted by atomic mass is 9.99. The molecular formula is C14H22FNO. The van der Waals surface area contributed by atoms with E-state index in [0.717, 1.165) is 11.1 Å². The van der Waals surface area contributed by atoms with Gasteiger partial charge in [-0.25, -0.2) is 4.39 Å². The maximum Gasteiger partial charge on any atom is 0.128 e. The summed E-state index contributed by atoms with van der Waals surface area (Å²) in [5.41, 5.74) is 2.62. The fraction of sp³-hybridized carbons (Fsp3) is 0.571. The SMILES string of the molecule is CNC(COC(C)C)c1c(C)cc(C)cc1F. The second kappa shape index (κ2) is 6.12. The fourth-order valence-corrected chi connectivity index (χ4v) is 1.97. The van der Waals surface area contributed by atoms with Crippen LogP contribution in [0.25, 0.3) is 0 Å². The minimum atomic E-state index is -0.158. The predicted molar refractivity (Wildman–Crippen MR) is 68.8 cm³/mol. The van der Waals surface area contributed by atoms with Crippen molar-refractivity contribution in [3.05, 3.63) is 34.6 Å². The molecule has 1 atom stereocenters. The maximum atomic E-state index is 14.0. The monoisotopic (exact) mass is 239 g/mol. The third-order valence-corrected chi connectivity index (χ3v) is 2.77. The van der Waals surface area contributed by atoms with Crippen molar-refractivity contribution in [2.75, 3.05) is 13.7 Å². The van der Waals surface area contributed by atoms with E-state index in [1.165, 1.54) is 0 Å². The first-order valence-corrected chi connectivity index (χ1v) is 6.01. The molecule has 1 N–H and O–H groups in total. The number of likely N-dealkylation sites (N-methyl/N-ethyl adjacent to an activating group) is 1. The van der Waals surface area contributed by atoms with Gasteiger partial charge in [0.05, 0.1) is 18.8 Å². The van der Waals surface area contributed by atoms with Crippen molar-refractivity contribution in [2.45, 2.75) is 39.8 Å².